The lowest BCUT2D eigenvalue weighted by Gasteiger charge is -2.16. The van der Waals surface area contributed by atoms with Gasteiger partial charge in [-0.05, 0) is 26.0 Å². The molecule has 0 saturated carbocycles. The summed E-state index contributed by atoms with van der Waals surface area (Å²) in [7, 11) is 1.63. The summed E-state index contributed by atoms with van der Waals surface area (Å²) >= 11 is 0. The second-order valence-corrected chi connectivity index (χ2v) is 5.20. The van der Waals surface area contributed by atoms with Crippen LogP contribution in [0.1, 0.15) is 31.0 Å². The van der Waals surface area contributed by atoms with Gasteiger partial charge in [0.1, 0.15) is 23.6 Å². The summed E-state index contributed by atoms with van der Waals surface area (Å²) in [4.78, 5) is 16.1. The SMILES string of the molecule is CCOc1cc2c(cc1C1NC(=NC)NC1=O)OC(C)C2. The number of aliphatic imine (C=N–C) groups is 1. The molecule has 2 aliphatic rings. The lowest BCUT2D eigenvalue weighted by molar-refractivity contribution is -0.120. The number of hydrogen-bond donors (Lipinski definition) is 2. The number of amides is 1. The zero-order chi connectivity index (χ0) is 15.0. The molecule has 1 saturated heterocycles. The van der Waals surface area contributed by atoms with Crippen LogP contribution in [-0.2, 0) is 11.2 Å². The van der Waals surface area contributed by atoms with Crippen molar-refractivity contribution in [2.45, 2.75) is 32.4 Å². The van der Waals surface area contributed by atoms with Crippen LogP contribution in [0, 0.1) is 0 Å². The van der Waals surface area contributed by atoms with E-state index < -0.39 is 6.04 Å². The van der Waals surface area contributed by atoms with Crippen LogP contribution in [-0.4, -0.2) is 31.6 Å². The van der Waals surface area contributed by atoms with E-state index in [1.165, 1.54) is 0 Å². The molecule has 21 heavy (non-hydrogen) atoms. The maximum atomic E-state index is 12.1. The quantitative estimate of drug-likeness (QED) is 0.876. The van der Waals surface area contributed by atoms with Gasteiger partial charge in [0.15, 0.2) is 5.96 Å². The molecule has 0 bridgehead atoms. The minimum Gasteiger partial charge on any atom is -0.493 e. The second kappa shape index (κ2) is 5.27. The fourth-order valence-corrected chi connectivity index (χ4v) is 2.73. The smallest absolute Gasteiger partial charge is 0.254 e. The topological polar surface area (TPSA) is 72.0 Å². The third kappa shape index (κ3) is 2.41. The van der Waals surface area contributed by atoms with Crippen molar-refractivity contribution in [3.05, 3.63) is 23.3 Å². The molecule has 0 aromatic heterocycles. The van der Waals surface area contributed by atoms with E-state index in [2.05, 4.69) is 15.6 Å². The van der Waals surface area contributed by atoms with Gasteiger partial charge in [0.05, 0.1) is 6.61 Å². The van der Waals surface area contributed by atoms with E-state index in [1.807, 2.05) is 26.0 Å². The Morgan fingerprint density at radius 1 is 1.48 bits per heavy atom. The maximum absolute atomic E-state index is 12.1. The largest absolute Gasteiger partial charge is 0.493 e. The molecule has 1 amide bonds. The summed E-state index contributed by atoms with van der Waals surface area (Å²) in [6.07, 6.45) is 1.02. The van der Waals surface area contributed by atoms with E-state index >= 15 is 0 Å². The Balaban J connectivity index is 2.01. The molecule has 2 heterocycles. The molecule has 1 aromatic carbocycles. The van der Waals surface area contributed by atoms with Crippen LogP contribution in [0.25, 0.3) is 0 Å². The van der Waals surface area contributed by atoms with Crippen LogP contribution < -0.4 is 20.1 Å². The molecule has 1 fully saturated rings. The van der Waals surface area contributed by atoms with E-state index in [9.17, 15) is 4.79 Å². The number of hydrogen-bond acceptors (Lipinski definition) is 4. The number of nitrogens with zero attached hydrogens (tertiary/aromatic N) is 1. The Morgan fingerprint density at radius 3 is 2.95 bits per heavy atom. The first-order chi connectivity index (χ1) is 10.1. The maximum Gasteiger partial charge on any atom is 0.254 e. The van der Waals surface area contributed by atoms with Gasteiger partial charge in [-0.25, -0.2) is 0 Å². The van der Waals surface area contributed by atoms with Crippen molar-refractivity contribution in [1.82, 2.24) is 10.6 Å². The van der Waals surface area contributed by atoms with Crippen LogP contribution >= 0.6 is 0 Å². The summed E-state index contributed by atoms with van der Waals surface area (Å²) in [6.45, 7) is 4.50. The lowest BCUT2D eigenvalue weighted by atomic mass is 10.0. The first kappa shape index (κ1) is 13.7. The summed E-state index contributed by atoms with van der Waals surface area (Å²) in [6, 6.07) is 3.38. The van der Waals surface area contributed by atoms with Crippen molar-refractivity contribution >= 4 is 11.9 Å². The van der Waals surface area contributed by atoms with E-state index in [0.29, 0.717) is 12.6 Å². The molecule has 0 spiro atoms. The predicted molar refractivity (Wildman–Crippen MR) is 78.8 cm³/mol. The fraction of sp³-hybridized carbons (Fsp3) is 0.467. The van der Waals surface area contributed by atoms with Crippen molar-refractivity contribution < 1.29 is 14.3 Å². The standard InChI is InChI=1S/C15H19N3O3/c1-4-20-12-6-9-5-8(2)21-11(9)7-10(12)13-14(19)18-15(16-3)17-13/h6-8,13H,4-5H2,1-3H3,(H2,16,17,18,19). The van der Waals surface area contributed by atoms with Crippen LogP contribution in [0.3, 0.4) is 0 Å². The molecule has 1 aromatic rings. The molecule has 0 radical (unpaired) electrons. The highest BCUT2D eigenvalue weighted by Gasteiger charge is 2.33. The number of benzene rings is 1. The van der Waals surface area contributed by atoms with E-state index in [-0.39, 0.29) is 12.0 Å². The molecule has 112 valence electrons. The van der Waals surface area contributed by atoms with Gasteiger partial charge in [-0.3, -0.25) is 15.1 Å². The van der Waals surface area contributed by atoms with Gasteiger partial charge in [0, 0.05) is 24.6 Å². The van der Waals surface area contributed by atoms with Gasteiger partial charge in [0.2, 0.25) is 0 Å². The van der Waals surface area contributed by atoms with Gasteiger partial charge in [-0.2, -0.15) is 0 Å². The van der Waals surface area contributed by atoms with Gasteiger partial charge in [-0.1, -0.05) is 0 Å². The lowest BCUT2D eigenvalue weighted by Crippen LogP contribution is -2.24. The van der Waals surface area contributed by atoms with Gasteiger partial charge in [0.25, 0.3) is 5.91 Å². The summed E-state index contributed by atoms with van der Waals surface area (Å²) in [5.74, 6) is 1.89. The first-order valence-corrected chi connectivity index (χ1v) is 7.12. The Kier molecular flexibility index (Phi) is 3.45. The van der Waals surface area contributed by atoms with E-state index in [1.54, 1.807) is 7.05 Å². The Bertz CT molecular complexity index is 612. The Morgan fingerprint density at radius 2 is 2.29 bits per heavy atom. The molecule has 0 aliphatic carbocycles. The van der Waals surface area contributed by atoms with Crippen LogP contribution in [0.4, 0.5) is 0 Å². The van der Waals surface area contributed by atoms with Gasteiger partial charge >= 0.3 is 0 Å². The Labute approximate surface area is 123 Å². The average molecular weight is 289 g/mol. The van der Waals surface area contributed by atoms with Crippen molar-refractivity contribution in [2.75, 3.05) is 13.7 Å². The van der Waals surface area contributed by atoms with Gasteiger partial charge < -0.3 is 14.8 Å². The van der Waals surface area contributed by atoms with Gasteiger partial charge in [-0.15, -0.1) is 0 Å². The van der Waals surface area contributed by atoms with E-state index in [0.717, 1.165) is 29.0 Å². The van der Waals surface area contributed by atoms with E-state index in [4.69, 9.17) is 9.47 Å². The zero-order valence-electron chi connectivity index (χ0n) is 12.4. The average Bonchev–Trinajstić information content (AvgIpc) is 2.99. The van der Waals surface area contributed by atoms with Crippen molar-refractivity contribution in [1.29, 1.82) is 0 Å². The number of fused-ring (bicyclic) bond motifs is 1. The number of rotatable bonds is 3. The first-order valence-electron chi connectivity index (χ1n) is 7.12. The minimum absolute atomic E-state index is 0.137. The van der Waals surface area contributed by atoms with Crippen LogP contribution in [0.5, 0.6) is 11.5 Å². The number of guanidine groups is 1. The predicted octanol–water partition coefficient (Wildman–Crippen LogP) is 1.15. The number of ether oxygens (including phenoxy) is 2. The van der Waals surface area contributed by atoms with Crippen LogP contribution in [0.15, 0.2) is 17.1 Å². The second-order valence-electron chi connectivity index (χ2n) is 5.20. The number of carbonyl (C=O) groups is 1. The highest BCUT2D eigenvalue weighted by molar-refractivity contribution is 6.07. The summed E-state index contributed by atoms with van der Waals surface area (Å²) in [5, 5.41) is 5.76. The molecular formula is C15H19N3O3. The minimum atomic E-state index is -0.505. The van der Waals surface area contributed by atoms with Crippen molar-refractivity contribution in [2.24, 2.45) is 4.99 Å². The molecule has 2 N–H and O–H groups in total. The molecule has 2 aliphatic heterocycles. The van der Waals surface area contributed by atoms with Crippen molar-refractivity contribution in [3.63, 3.8) is 0 Å². The third-order valence-electron chi connectivity index (χ3n) is 3.65. The third-order valence-corrected chi connectivity index (χ3v) is 3.65. The highest BCUT2D eigenvalue weighted by atomic mass is 16.5. The zero-order valence-corrected chi connectivity index (χ0v) is 12.4. The molecule has 6 nitrogen and oxygen atoms in total. The van der Waals surface area contributed by atoms with Crippen LogP contribution in [0.2, 0.25) is 0 Å². The highest BCUT2D eigenvalue weighted by Crippen LogP contribution is 2.38. The number of nitrogens with one attached hydrogen (secondary N) is 2. The molecule has 3 rings (SSSR count). The summed E-state index contributed by atoms with van der Waals surface area (Å²) < 4.78 is 11.5. The molecule has 6 heteroatoms. The van der Waals surface area contributed by atoms with Crippen molar-refractivity contribution in [3.8, 4) is 11.5 Å². The number of carbonyl (C=O) groups excluding carboxylic acids is 1. The monoisotopic (exact) mass is 289 g/mol. The molecular weight excluding hydrogens is 270 g/mol. The molecule has 2 unspecified atom stereocenters. The molecule has 2 atom stereocenters. The summed E-state index contributed by atoms with van der Waals surface area (Å²) in [5.41, 5.74) is 1.90. The fourth-order valence-electron chi connectivity index (χ4n) is 2.73. The normalized spacial score (nSPS) is 25.3. The Hall–Kier alpha value is -2.24.